The van der Waals surface area contributed by atoms with Gasteiger partial charge < -0.3 is 5.32 Å². The van der Waals surface area contributed by atoms with Gasteiger partial charge in [-0.05, 0) is 66.3 Å². The Bertz CT molecular complexity index is 829. The molecule has 2 bridgehead atoms. The molecule has 2 aliphatic carbocycles. The fraction of sp³-hybridized carbons (Fsp3) is 0.458. The second kappa shape index (κ2) is 7.12. The van der Waals surface area contributed by atoms with Crippen molar-refractivity contribution >= 4 is 5.91 Å². The Morgan fingerprint density at radius 2 is 1.81 bits per heavy atom. The van der Waals surface area contributed by atoms with Crippen LogP contribution in [0.5, 0.6) is 0 Å². The molecule has 1 amide bonds. The predicted octanol–water partition coefficient (Wildman–Crippen LogP) is 4.16. The molecule has 0 aromatic heterocycles. The number of hydrogen-bond donors (Lipinski definition) is 1. The first-order valence-corrected chi connectivity index (χ1v) is 10.4. The Hall–Kier alpha value is -2.13. The van der Waals surface area contributed by atoms with E-state index in [-0.39, 0.29) is 5.91 Å². The largest absolute Gasteiger partial charge is 0.349 e. The number of benzene rings is 2. The number of nitrogens with zero attached hydrogens (tertiary/aromatic N) is 1. The minimum atomic E-state index is 0.103. The van der Waals surface area contributed by atoms with Crippen LogP contribution in [-0.4, -0.2) is 23.4 Å². The second-order valence-electron chi connectivity index (χ2n) is 8.68. The first kappa shape index (κ1) is 17.0. The standard InChI is InChI=1S/C24H28N2O/c27-24(25-23-14-18-7-10-21(23)13-18)20-8-5-17(6-9-20)15-26-12-11-19-3-1-2-4-22(19)16-26/h1-6,8-9,18,21,23H,7,10-16H2,(H,25,27)/t18-,21-,23+/m1/s1. The number of hydrogen-bond acceptors (Lipinski definition) is 2. The average Bonchev–Trinajstić information content (AvgIpc) is 3.31. The molecular formula is C24H28N2O. The molecule has 5 rings (SSSR count). The van der Waals surface area contributed by atoms with E-state index in [0.29, 0.717) is 6.04 Å². The highest BCUT2D eigenvalue weighted by Crippen LogP contribution is 2.44. The van der Waals surface area contributed by atoms with Crippen LogP contribution >= 0.6 is 0 Å². The molecule has 2 fully saturated rings. The van der Waals surface area contributed by atoms with E-state index in [1.165, 1.54) is 42.4 Å². The fourth-order valence-electron chi connectivity index (χ4n) is 5.38. The van der Waals surface area contributed by atoms with Gasteiger partial charge in [-0.25, -0.2) is 0 Å². The van der Waals surface area contributed by atoms with Gasteiger partial charge in [-0.15, -0.1) is 0 Å². The highest BCUT2D eigenvalue weighted by atomic mass is 16.1. The van der Waals surface area contributed by atoms with E-state index in [4.69, 9.17) is 0 Å². The quantitative estimate of drug-likeness (QED) is 0.888. The SMILES string of the molecule is O=C(N[C@H]1C[C@@H]2CC[C@@H]1C2)c1ccc(CN2CCc3ccccc3C2)cc1. The molecule has 3 aliphatic rings. The van der Waals surface area contributed by atoms with Crippen molar-refractivity contribution in [3.05, 3.63) is 70.8 Å². The molecule has 1 aliphatic heterocycles. The van der Waals surface area contributed by atoms with Gasteiger partial charge in [0.15, 0.2) is 0 Å². The first-order chi connectivity index (χ1) is 13.2. The Kier molecular flexibility index (Phi) is 4.48. The number of carbonyl (C=O) groups excluding carboxylic acids is 1. The van der Waals surface area contributed by atoms with E-state index in [0.717, 1.165) is 43.5 Å². The molecule has 0 saturated heterocycles. The van der Waals surface area contributed by atoms with Gasteiger partial charge in [0.25, 0.3) is 5.91 Å². The Morgan fingerprint density at radius 1 is 1.00 bits per heavy atom. The Labute approximate surface area is 161 Å². The maximum absolute atomic E-state index is 12.6. The average molecular weight is 361 g/mol. The van der Waals surface area contributed by atoms with E-state index >= 15 is 0 Å². The lowest BCUT2D eigenvalue weighted by Crippen LogP contribution is -2.38. The molecule has 1 heterocycles. The van der Waals surface area contributed by atoms with Crippen molar-refractivity contribution in [2.45, 2.75) is 51.2 Å². The van der Waals surface area contributed by atoms with Crippen molar-refractivity contribution < 1.29 is 4.79 Å². The maximum Gasteiger partial charge on any atom is 0.251 e. The molecule has 1 N–H and O–H groups in total. The van der Waals surface area contributed by atoms with Crippen LogP contribution in [-0.2, 0) is 19.5 Å². The molecule has 2 aromatic rings. The summed E-state index contributed by atoms with van der Waals surface area (Å²) in [5.41, 5.74) is 5.02. The molecular weight excluding hydrogens is 332 g/mol. The van der Waals surface area contributed by atoms with Gasteiger partial charge in [-0.2, -0.15) is 0 Å². The third-order valence-electron chi connectivity index (χ3n) is 6.89. The van der Waals surface area contributed by atoms with Gasteiger partial charge in [0.2, 0.25) is 0 Å². The summed E-state index contributed by atoms with van der Waals surface area (Å²) in [5, 5.41) is 3.29. The first-order valence-electron chi connectivity index (χ1n) is 10.4. The van der Waals surface area contributed by atoms with Gasteiger partial charge >= 0.3 is 0 Å². The van der Waals surface area contributed by atoms with Crippen molar-refractivity contribution in [1.29, 1.82) is 0 Å². The molecule has 140 valence electrons. The summed E-state index contributed by atoms with van der Waals surface area (Å²) < 4.78 is 0. The van der Waals surface area contributed by atoms with Gasteiger partial charge in [-0.1, -0.05) is 42.8 Å². The van der Waals surface area contributed by atoms with E-state index in [1.807, 2.05) is 12.1 Å². The third kappa shape index (κ3) is 3.53. The molecule has 3 atom stereocenters. The number of carbonyl (C=O) groups is 1. The number of fused-ring (bicyclic) bond motifs is 3. The highest BCUT2D eigenvalue weighted by Gasteiger charge is 2.40. The monoisotopic (exact) mass is 360 g/mol. The van der Waals surface area contributed by atoms with Gasteiger partial charge in [0.1, 0.15) is 0 Å². The summed E-state index contributed by atoms with van der Waals surface area (Å²) in [6, 6.07) is 17.4. The number of nitrogens with one attached hydrogen (secondary N) is 1. The van der Waals surface area contributed by atoms with Gasteiger partial charge in [-0.3, -0.25) is 9.69 Å². The summed E-state index contributed by atoms with van der Waals surface area (Å²) in [6.45, 7) is 3.06. The van der Waals surface area contributed by atoms with Crippen LogP contribution in [0.4, 0.5) is 0 Å². The highest BCUT2D eigenvalue weighted by molar-refractivity contribution is 5.94. The van der Waals surface area contributed by atoms with Crippen LogP contribution < -0.4 is 5.32 Å². The van der Waals surface area contributed by atoms with Gasteiger partial charge in [0.05, 0.1) is 0 Å². The number of rotatable bonds is 4. The minimum Gasteiger partial charge on any atom is -0.349 e. The van der Waals surface area contributed by atoms with Crippen LogP contribution in [0.2, 0.25) is 0 Å². The van der Waals surface area contributed by atoms with Crippen LogP contribution in [0.25, 0.3) is 0 Å². The summed E-state index contributed by atoms with van der Waals surface area (Å²) >= 11 is 0. The van der Waals surface area contributed by atoms with Crippen molar-refractivity contribution in [1.82, 2.24) is 10.2 Å². The van der Waals surface area contributed by atoms with E-state index in [1.54, 1.807) is 0 Å². The molecule has 0 unspecified atom stereocenters. The van der Waals surface area contributed by atoms with Crippen molar-refractivity contribution in [3.63, 3.8) is 0 Å². The topological polar surface area (TPSA) is 32.3 Å². The third-order valence-corrected chi connectivity index (χ3v) is 6.89. The summed E-state index contributed by atoms with van der Waals surface area (Å²) in [5.74, 6) is 1.68. The summed E-state index contributed by atoms with van der Waals surface area (Å²) in [7, 11) is 0. The Morgan fingerprint density at radius 3 is 2.56 bits per heavy atom. The zero-order valence-corrected chi connectivity index (χ0v) is 15.9. The Balaban J connectivity index is 1.19. The van der Waals surface area contributed by atoms with E-state index in [2.05, 4.69) is 46.6 Å². The molecule has 3 heteroatoms. The van der Waals surface area contributed by atoms with Crippen molar-refractivity contribution in [3.8, 4) is 0 Å². The summed E-state index contributed by atoms with van der Waals surface area (Å²) in [4.78, 5) is 15.1. The normalized spacial score (nSPS) is 26.7. The smallest absolute Gasteiger partial charge is 0.251 e. The van der Waals surface area contributed by atoms with Crippen LogP contribution in [0, 0.1) is 11.8 Å². The lowest BCUT2D eigenvalue weighted by atomic mass is 9.95. The fourth-order valence-corrected chi connectivity index (χ4v) is 5.38. The van der Waals surface area contributed by atoms with Crippen molar-refractivity contribution in [2.75, 3.05) is 6.54 Å². The molecule has 3 nitrogen and oxygen atoms in total. The minimum absolute atomic E-state index is 0.103. The van der Waals surface area contributed by atoms with E-state index < -0.39 is 0 Å². The van der Waals surface area contributed by atoms with Crippen LogP contribution in [0.3, 0.4) is 0 Å². The van der Waals surface area contributed by atoms with Crippen LogP contribution in [0.15, 0.2) is 48.5 Å². The number of amides is 1. The molecule has 0 radical (unpaired) electrons. The lowest BCUT2D eigenvalue weighted by Gasteiger charge is -2.28. The molecule has 27 heavy (non-hydrogen) atoms. The summed E-state index contributed by atoms with van der Waals surface area (Å²) in [6.07, 6.45) is 6.30. The van der Waals surface area contributed by atoms with Gasteiger partial charge in [0, 0.05) is 31.2 Å². The van der Waals surface area contributed by atoms with E-state index in [9.17, 15) is 4.79 Å². The molecule has 2 saturated carbocycles. The lowest BCUT2D eigenvalue weighted by molar-refractivity contribution is 0.0923. The van der Waals surface area contributed by atoms with Crippen molar-refractivity contribution in [2.24, 2.45) is 11.8 Å². The van der Waals surface area contributed by atoms with Crippen LogP contribution in [0.1, 0.15) is 52.7 Å². The molecule has 0 spiro atoms. The zero-order valence-electron chi connectivity index (χ0n) is 15.9. The zero-order chi connectivity index (χ0) is 18.2. The predicted molar refractivity (Wildman–Crippen MR) is 107 cm³/mol. The molecule has 2 aromatic carbocycles. The second-order valence-corrected chi connectivity index (χ2v) is 8.68. The maximum atomic E-state index is 12.6.